The Bertz CT molecular complexity index is 2120. The smallest absolute Gasteiger partial charge is 0.582 e. The Kier molecular flexibility index (Phi) is 32.4. The van der Waals surface area contributed by atoms with Crippen molar-refractivity contribution in [1.29, 1.82) is 0 Å². The number of rotatable bonds is 4. The molecule has 20 nitrogen and oxygen atoms in total. The van der Waals surface area contributed by atoms with E-state index in [1.54, 1.807) is 86.5 Å². The standard InChI is InChI=1S/4C10H8N2.2C3H3N2.2ClHO4.2Os/c4*1-3-7-11-9(5-1)10-6-2-4-8-12-10;2*1-2-4-5-3-1;2*2-1(3,4)5;;/h4*1-8H;2*1-3H;2*(H,2,3,4,5);;/q;;;;2*-1;;;2*+2/p-2. The second kappa shape index (κ2) is 37.1. The molecular formula is C46H38Cl2N12O8Os2. The third-order valence-corrected chi connectivity index (χ3v) is 7.11. The Morgan fingerprint density at radius 3 is 0.471 bits per heavy atom. The van der Waals surface area contributed by atoms with Crippen molar-refractivity contribution in [3.05, 3.63) is 232 Å². The minimum Gasteiger partial charge on any atom is -0.582 e. The number of hydrogen-bond donors (Lipinski definition) is 0. The zero-order valence-electron chi connectivity index (χ0n) is 36.0. The molecule has 0 aliphatic carbocycles. The molecule has 10 rings (SSSR count). The SMILES string of the molecule is [O-][Cl+3]([O-])([O-])[O-].[O-][Cl+3]([O-])([O-])[O-].[Os+2].[Os+2].c1ccc(-c2ccccn2)nc1.c1ccc(-c2ccccn2)nc1.c1ccc(-c2ccccn2)nc1.c1ccc(-c2ccccn2)nc1.c1cn[n-]c1.c1cn[n-]c1. The Hall–Kier alpha value is -6.85. The number of hydrogen-bond acceptors (Lipinski definition) is 18. The molecule has 0 N–H and O–H groups in total. The molecule has 10 aromatic heterocycles. The van der Waals surface area contributed by atoms with Gasteiger partial charge in [0.2, 0.25) is 0 Å². The van der Waals surface area contributed by atoms with Gasteiger partial charge in [0.25, 0.3) is 0 Å². The second-order valence-electron chi connectivity index (χ2n) is 11.9. The fourth-order valence-corrected chi connectivity index (χ4v) is 4.50. The molecule has 0 radical (unpaired) electrons. The second-order valence-corrected chi connectivity index (χ2v) is 13.4. The first kappa shape index (κ1) is 61.2. The zero-order chi connectivity index (χ0) is 49.0. The van der Waals surface area contributed by atoms with Gasteiger partial charge in [0.1, 0.15) is 0 Å². The maximum Gasteiger partial charge on any atom is 2.00 e. The quantitative estimate of drug-likeness (QED) is 0.207. The first-order valence-electron chi connectivity index (χ1n) is 19.2. The maximum atomic E-state index is 8.49. The van der Waals surface area contributed by atoms with E-state index in [2.05, 4.69) is 60.3 Å². The van der Waals surface area contributed by atoms with Crippen molar-refractivity contribution in [2.45, 2.75) is 0 Å². The molecule has 0 unspecified atom stereocenters. The number of halogens is 2. The van der Waals surface area contributed by atoms with Crippen LogP contribution in [0.25, 0.3) is 45.6 Å². The molecule has 360 valence electrons. The first-order valence-corrected chi connectivity index (χ1v) is 21.6. The first-order chi connectivity index (χ1) is 32.9. The van der Waals surface area contributed by atoms with E-state index in [9.17, 15) is 0 Å². The molecule has 0 aliphatic heterocycles. The van der Waals surface area contributed by atoms with E-state index >= 15 is 0 Å². The van der Waals surface area contributed by atoms with Crippen LogP contribution in [0.1, 0.15) is 0 Å². The van der Waals surface area contributed by atoms with E-state index in [1.807, 2.05) is 146 Å². The number of pyridine rings is 8. The van der Waals surface area contributed by atoms with Gasteiger partial charge in [-0.05, 0) is 97.1 Å². The molecule has 24 heteroatoms. The molecule has 0 spiro atoms. The monoisotopic (exact) mass is 1340 g/mol. The molecule has 0 fully saturated rings. The third-order valence-electron chi connectivity index (χ3n) is 7.11. The van der Waals surface area contributed by atoms with Crippen molar-refractivity contribution >= 4 is 0 Å². The van der Waals surface area contributed by atoms with Gasteiger partial charge in [-0.15, -0.1) is 20.5 Å². The van der Waals surface area contributed by atoms with E-state index < -0.39 is 20.5 Å². The predicted molar refractivity (Wildman–Crippen MR) is 225 cm³/mol. The van der Waals surface area contributed by atoms with Crippen LogP contribution in [0, 0.1) is 20.5 Å². The van der Waals surface area contributed by atoms with Crippen LogP contribution in [-0.4, -0.2) is 50.1 Å². The van der Waals surface area contributed by atoms with Crippen molar-refractivity contribution in [2.24, 2.45) is 0 Å². The van der Waals surface area contributed by atoms with Crippen LogP contribution >= 0.6 is 0 Å². The molecule has 70 heavy (non-hydrogen) atoms. The van der Waals surface area contributed by atoms with E-state index in [0.29, 0.717) is 0 Å². The summed E-state index contributed by atoms with van der Waals surface area (Å²) in [6.07, 6.45) is 20.7. The minimum atomic E-state index is -4.94. The van der Waals surface area contributed by atoms with E-state index in [1.165, 1.54) is 0 Å². The van der Waals surface area contributed by atoms with E-state index in [0.717, 1.165) is 45.6 Å². The van der Waals surface area contributed by atoms with Gasteiger partial charge in [-0.25, -0.2) is 37.3 Å². The van der Waals surface area contributed by atoms with Crippen molar-refractivity contribution in [2.75, 3.05) is 0 Å². The van der Waals surface area contributed by atoms with Gasteiger partial charge in [0.15, 0.2) is 0 Å². The third kappa shape index (κ3) is 32.0. The van der Waals surface area contributed by atoms with Gasteiger partial charge in [0.05, 0.1) is 45.6 Å². The molecule has 0 aromatic carbocycles. The van der Waals surface area contributed by atoms with Gasteiger partial charge in [-0.1, -0.05) is 60.7 Å². The Morgan fingerprint density at radius 1 is 0.243 bits per heavy atom. The van der Waals surface area contributed by atoms with Crippen molar-refractivity contribution in [1.82, 2.24) is 60.3 Å². The van der Waals surface area contributed by atoms with Gasteiger partial charge >= 0.3 is 39.6 Å². The maximum absolute atomic E-state index is 8.49. The molecule has 0 aliphatic rings. The molecule has 0 atom stereocenters. The molecular weight excluding hydrogens is 1300 g/mol. The fraction of sp³-hybridized carbons (Fsp3) is 0. The van der Waals surface area contributed by atoms with E-state index in [-0.39, 0.29) is 39.6 Å². The summed E-state index contributed by atoms with van der Waals surface area (Å²) in [6, 6.07) is 49.9. The summed E-state index contributed by atoms with van der Waals surface area (Å²) in [5.74, 6) is 0. The van der Waals surface area contributed by atoms with Crippen molar-refractivity contribution < 1.29 is 97.3 Å². The molecule has 0 bridgehead atoms. The van der Waals surface area contributed by atoms with Crippen LogP contribution in [0.2, 0.25) is 0 Å². The van der Waals surface area contributed by atoms with Crippen LogP contribution in [0.4, 0.5) is 0 Å². The Balaban J connectivity index is 0.000000411. The average molecular weight is 1340 g/mol. The molecule has 0 saturated heterocycles. The minimum absolute atomic E-state index is 0. The summed E-state index contributed by atoms with van der Waals surface area (Å²) in [6.45, 7) is 0. The van der Waals surface area contributed by atoms with Crippen LogP contribution in [0.3, 0.4) is 0 Å². The fourth-order valence-electron chi connectivity index (χ4n) is 4.50. The largest absolute Gasteiger partial charge is 2.00 e. The van der Waals surface area contributed by atoms with Crippen molar-refractivity contribution in [3.63, 3.8) is 0 Å². The summed E-state index contributed by atoms with van der Waals surface area (Å²) in [7, 11) is -9.89. The molecule has 0 saturated carbocycles. The van der Waals surface area contributed by atoms with Crippen LogP contribution in [0.5, 0.6) is 0 Å². The van der Waals surface area contributed by atoms with Gasteiger partial charge in [0, 0.05) is 62.0 Å². The summed E-state index contributed by atoms with van der Waals surface area (Å²) >= 11 is 0. The molecule has 10 heterocycles. The van der Waals surface area contributed by atoms with Crippen LogP contribution in [-0.2, 0) is 39.6 Å². The number of aromatic nitrogens is 12. The summed E-state index contributed by atoms with van der Waals surface area (Å²) in [5, 5.41) is 13.9. The van der Waals surface area contributed by atoms with E-state index in [4.69, 9.17) is 37.3 Å². The summed E-state index contributed by atoms with van der Waals surface area (Å²) in [4.78, 5) is 33.5. The topological polar surface area (TPSA) is 342 Å². The predicted octanol–water partition coefficient (Wildman–Crippen LogP) is -0.865. The van der Waals surface area contributed by atoms with Gasteiger partial charge in [-0.2, -0.15) is 12.4 Å². The van der Waals surface area contributed by atoms with Gasteiger partial charge in [-0.3, -0.25) is 39.9 Å². The zero-order valence-corrected chi connectivity index (χ0v) is 42.6. The Morgan fingerprint density at radius 2 is 0.400 bits per heavy atom. The van der Waals surface area contributed by atoms with Crippen LogP contribution in [0.15, 0.2) is 232 Å². The van der Waals surface area contributed by atoms with Crippen LogP contribution < -0.4 is 47.5 Å². The average Bonchev–Trinajstić information content (AvgIpc) is 4.18. The molecule has 10 aromatic rings. The summed E-state index contributed by atoms with van der Waals surface area (Å²) in [5.41, 5.74) is 7.32. The Labute approximate surface area is 432 Å². The van der Waals surface area contributed by atoms with Crippen molar-refractivity contribution in [3.8, 4) is 45.6 Å². The van der Waals surface area contributed by atoms with Gasteiger partial charge < -0.3 is 20.4 Å². The summed E-state index contributed by atoms with van der Waals surface area (Å²) < 4.78 is 67.9. The molecule has 0 amide bonds. The number of nitrogens with zero attached hydrogens (tertiary/aromatic N) is 12. The normalized spacial score (nSPS) is 9.49.